The molecule has 1 fully saturated rings. The van der Waals surface area contributed by atoms with Gasteiger partial charge in [0, 0.05) is 24.4 Å². The number of hydrogen-bond donors (Lipinski definition) is 0. The molecule has 0 aromatic heterocycles. The first-order valence-corrected chi connectivity index (χ1v) is 10.2. The lowest BCUT2D eigenvalue weighted by molar-refractivity contribution is 0.397. The highest BCUT2D eigenvalue weighted by molar-refractivity contribution is 7.89. The van der Waals surface area contributed by atoms with Gasteiger partial charge in [-0.25, -0.2) is 8.42 Å². The highest BCUT2D eigenvalue weighted by atomic mass is 32.2. The van der Waals surface area contributed by atoms with Gasteiger partial charge in [0.15, 0.2) is 0 Å². The Kier molecular flexibility index (Phi) is 5.78. The van der Waals surface area contributed by atoms with E-state index in [2.05, 4.69) is 19.6 Å². The van der Waals surface area contributed by atoms with Gasteiger partial charge < -0.3 is 0 Å². The van der Waals surface area contributed by atoms with Crippen molar-refractivity contribution < 1.29 is 8.42 Å². The summed E-state index contributed by atoms with van der Waals surface area (Å²) < 4.78 is 27.8. The zero-order valence-electron chi connectivity index (χ0n) is 16.1. The van der Waals surface area contributed by atoms with Gasteiger partial charge in [0.1, 0.15) is 0 Å². The van der Waals surface area contributed by atoms with E-state index in [4.69, 9.17) is 0 Å². The molecule has 0 spiro atoms. The van der Waals surface area contributed by atoms with Crippen LogP contribution in [0.5, 0.6) is 0 Å². The summed E-state index contributed by atoms with van der Waals surface area (Å²) in [6.07, 6.45) is 3.79. The molecule has 1 aliphatic carbocycles. The van der Waals surface area contributed by atoms with Crippen LogP contribution < -0.4 is 0 Å². The van der Waals surface area contributed by atoms with Gasteiger partial charge in [-0.3, -0.25) is 0 Å². The highest BCUT2D eigenvalue weighted by Gasteiger charge is 2.53. The number of rotatable bonds is 6. The lowest BCUT2D eigenvalue weighted by Gasteiger charge is -2.21. The molecular formula is C21H29NO2S. The molecule has 0 heterocycles. The lowest BCUT2D eigenvalue weighted by atomic mass is 10.1. The fraction of sp³-hybridized carbons (Fsp3) is 0.476. The molecule has 3 nitrogen and oxygen atoms in total. The van der Waals surface area contributed by atoms with E-state index in [1.807, 2.05) is 52.0 Å². The minimum Gasteiger partial charge on any atom is -0.207 e. The van der Waals surface area contributed by atoms with Gasteiger partial charge in [0.05, 0.1) is 4.90 Å². The topological polar surface area (TPSA) is 37.4 Å². The number of allylic oxidation sites excluding steroid dienone is 1. The third-order valence-corrected chi connectivity index (χ3v) is 6.65. The van der Waals surface area contributed by atoms with Crippen molar-refractivity contribution in [3.05, 3.63) is 58.9 Å². The Morgan fingerprint density at radius 3 is 2.36 bits per heavy atom. The van der Waals surface area contributed by atoms with Crippen LogP contribution in [0.15, 0.2) is 58.2 Å². The number of benzene rings is 1. The summed E-state index contributed by atoms with van der Waals surface area (Å²) in [7, 11) is -3.51. The number of aryl methyl sites for hydroxylation is 1. The monoisotopic (exact) mass is 359 g/mol. The molecule has 25 heavy (non-hydrogen) atoms. The summed E-state index contributed by atoms with van der Waals surface area (Å²) in [6.45, 7) is 13.1. The van der Waals surface area contributed by atoms with Crippen molar-refractivity contribution in [2.24, 2.45) is 11.3 Å². The molecule has 1 aromatic rings. The third-order valence-electron chi connectivity index (χ3n) is 4.80. The van der Waals surface area contributed by atoms with Crippen molar-refractivity contribution in [2.75, 3.05) is 13.1 Å². The minimum atomic E-state index is -3.51. The Bertz CT molecular complexity index is 819. The van der Waals surface area contributed by atoms with E-state index < -0.39 is 10.0 Å². The maximum Gasteiger partial charge on any atom is 0.243 e. The van der Waals surface area contributed by atoms with Gasteiger partial charge in [0.25, 0.3) is 0 Å². The summed E-state index contributed by atoms with van der Waals surface area (Å²) in [5, 5.41) is 0. The maximum atomic E-state index is 13.1. The number of nitrogens with zero attached hydrogens (tertiary/aromatic N) is 1. The van der Waals surface area contributed by atoms with Gasteiger partial charge in [-0.2, -0.15) is 4.31 Å². The third kappa shape index (κ3) is 4.33. The van der Waals surface area contributed by atoms with E-state index in [9.17, 15) is 8.42 Å². The minimum absolute atomic E-state index is 0.00818. The largest absolute Gasteiger partial charge is 0.243 e. The van der Waals surface area contributed by atoms with Crippen LogP contribution in [0.3, 0.4) is 0 Å². The zero-order valence-corrected chi connectivity index (χ0v) is 16.9. The molecule has 136 valence electrons. The molecule has 0 N–H and O–H groups in total. The quantitative estimate of drug-likeness (QED) is 0.545. The van der Waals surface area contributed by atoms with Crippen LogP contribution in [0.4, 0.5) is 0 Å². The molecule has 1 aromatic carbocycles. The van der Waals surface area contributed by atoms with Gasteiger partial charge >= 0.3 is 0 Å². The average molecular weight is 360 g/mol. The lowest BCUT2D eigenvalue weighted by Crippen LogP contribution is -2.34. The second-order valence-electron chi connectivity index (χ2n) is 7.52. The van der Waals surface area contributed by atoms with Crippen LogP contribution in [0.1, 0.15) is 40.2 Å². The molecule has 2 rings (SSSR count). The highest BCUT2D eigenvalue weighted by Crippen LogP contribution is 2.57. The maximum absolute atomic E-state index is 13.1. The molecule has 4 heteroatoms. The van der Waals surface area contributed by atoms with E-state index in [0.717, 1.165) is 11.1 Å². The molecule has 1 unspecified atom stereocenters. The van der Waals surface area contributed by atoms with Crippen molar-refractivity contribution >= 4 is 10.0 Å². The molecule has 0 bridgehead atoms. The van der Waals surface area contributed by atoms with Gasteiger partial charge in [0.2, 0.25) is 10.0 Å². The van der Waals surface area contributed by atoms with Crippen molar-refractivity contribution in [1.29, 1.82) is 0 Å². The second kappa shape index (κ2) is 7.33. The Balaban J connectivity index is 2.34. The predicted molar refractivity (Wildman–Crippen MR) is 104 cm³/mol. The Labute approximate surface area is 152 Å². The van der Waals surface area contributed by atoms with E-state index in [1.165, 1.54) is 5.57 Å². The van der Waals surface area contributed by atoms with Crippen LogP contribution in [0.2, 0.25) is 0 Å². The fourth-order valence-corrected chi connectivity index (χ4v) is 4.44. The summed E-state index contributed by atoms with van der Waals surface area (Å²) in [4.78, 5) is 0.355. The zero-order chi connectivity index (χ0) is 18.8. The van der Waals surface area contributed by atoms with Crippen LogP contribution in [0.25, 0.3) is 0 Å². The Morgan fingerprint density at radius 1 is 1.24 bits per heavy atom. The summed E-state index contributed by atoms with van der Waals surface area (Å²) >= 11 is 0. The Hall–Kier alpha value is -1.61. The molecule has 0 radical (unpaired) electrons. The molecule has 0 saturated heterocycles. The predicted octanol–water partition coefficient (Wildman–Crippen LogP) is 4.71. The molecule has 1 atom stereocenters. The summed E-state index contributed by atoms with van der Waals surface area (Å²) in [5.74, 6) is 0.216. The molecule has 1 saturated carbocycles. The van der Waals surface area contributed by atoms with Gasteiger partial charge in [-0.05, 0) is 51.0 Å². The normalized spacial score (nSPS) is 19.3. The van der Waals surface area contributed by atoms with E-state index in [-0.39, 0.29) is 11.3 Å². The number of sulfonamides is 1. The fourth-order valence-electron chi connectivity index (χ4n) is 3.03. The molecular weight excluding hydrogens is 330 g/mol. The van der Waals surface area contributed by atoms with Crippen molar-refractivity contribution in [3.63, 3.8) is 0 Å². The smallest absolute Gasteiger partial charge is 0.207 e. The summed E-state index contributed by atoms with van der Waals surface area (Å²) in [6, 6.07) is 7.07. The molecule has 1 aliphatic rings. The van der Waals surface area contributed by atoms with E-state index >= 15 is 0 Å². The van der Waals surface area contributed by atoms with Crippen LogP contribution in [-0.4, -0.2) is 25.8 Å². The second-order valence-corrected chi connectivity index (χ2v) is 9.45. The van der Waals surface area contributed by atoms with Crippen molar-refractivity contribution in [1.82, 2.24) is 4.31 Å². The number of hydrogen-bond acceptors (Lipinski definition) is 2. The SMILES string of the molecule is C/C=C/CN(CC1C(=C=C(C)C)C1(C)C)S(=O)(=O)c1ccc(C)cc1. The first-order chi connectivity index (χ1) is 11.6. The van der Waals surface area contributed by atoms with Gasteiger partial charge in [-0.15, -0.1) is 5.73 Å². The molecule has 0 aliphatic heterocycles. The Morgan fingerprint density at radius 2 is 1.84 bits per heavy atom. The average Bonchev–Trinajstić information content (AvgIpc) is 3.02. The van der Waals surface area contributed by atoms with Crippen molar-refractivity contribution in [2.45, 2.75) is 46.4 Å². The van der Waals surface area contributed by atoms with Gasteiger partial charge in [-0.1, -0.05) is 43.7 Å². The van der Waals surface area contributed by atoms with Crippen LogP contribution in [-0.2, 0) is 10.0 Å². The standard InChI is InChI=1S/C21H29NO2S/c1-7-8-13-22(15-20-19(14-16(2)3)21(20,5)6)25(23,24)18-11-9-17(4)10-12-18/h7-12,20H,13,15H2,1-6H3/b8-7+. The molecule has 0 amide bonds. The van der Waals surface area contributed by atoms with E-state index in [0.29, 0.717) is 18.0 Å². The van der Waals surface area contributed by atoms with E-state index in [1.54, 1.807) is 16.4 Å². The van der Waals surface area contributed by atoms with Crippen molar-refractivity contribution in [3.8, 4) is 0 Å². The first-order valence-electron chi connectivity index (χ1n) is 8.73. The summed E-state index contributed by atoms with van der Waals surface area (Å²) in [5.41, 5.74) is 6.82. The van der Waals surface area contributed by atoms with Crippen LogP contribution >= 0.6 is 0 Å². The van der Waals surface area contributed by atoms with Crippen LogP contribution in [0, 0.1) is 18.3 Å². The first kappa shape index (κ1) is 19.7.